The highest BCUT2D eigenvalue weighted by atomic mass is 35.5. The molecule has 0 saturated carbocycles. The molecule has 0 spiro atoms. The summed E-state index contributed by atoms with van der Waals surface area (Å²) in [6, 6.07) is 10.2. The third-order valence-electron chi connectivity index (χ3n) is 3.52. The van der Waals surface area contributed by atoms with Crippen molar-refractivity contribution in [3.05, 3.63) is 64.4 Å². The minimum absolute atomic E-state index is 0.0440. The van der Waals surface area contributed by atoms with Crippen LogP contribution in [0.15, 0.2) is 42.5 Å². The summed E-state index contributed by atoms with van der Waals surface area (Å²) in [5, 5.41) is 3.10. The van der Waals surface area contributed by atoms with E-state index in [1.807, 2.05) is 0 Å². The molecule has 0 aliphatic rings. The average molecular weight is 385 g/mol. The largest absolute Gasteiger partial charge is 0.350 e. The van der Waals surface area contributed by atoms with Gasteiger partial charge in [0.2, 0.25) is 10.0 Å². The minimum atomic E-state index is -3.54. The average Bonchev–Trinajstić information content (AvgIpc) is 2.51. The van der Waals surface area contributed by atoms with Crippen molar-refractivity contribution in [1.82, 2.24) is 5.32 Å². The zero-order chi connectivity index (χ0) is 18.6. The Bertz CT molecular complexity index is 887. The van der Waals surface area contributed by atoms with Crippen LogP contribution in [0.3, 0.4) is 0 Å². The number of amides is 1. The first-order valence-electron chi connectivity index (χ1n) is 7.46. The monoisotopic (exact) mass is 384 g/mol. The number of nitrogens with zero attached hydrogens (tertiary/aromatic N) is 1. The van der Waals surface area contributed by atoms with Crippen LogP contribution in [-0.2, 0) is 10.0 Å². The maximum atomic E-state index is 13.2. The van der Waals surface area contributed by atoms with Gasteiger partial charge < -0.3 is 5.32 Å². The molecule has 1 amide bonds. The Labute approximate surface area is 151 Å². The second-order valence-electron chi connectivity index (χ2n) is 5.53. The molecular formula is C17H18ClFN2O3S. The molecule has 0 heterocycles. The second kappa shape index (κ2) is 7.84. The molecule has 0 aliphatic heterocycles. The Morgan fingerprint density at radius 3 is 2.56 bits per heavy atom. The van der Waals surface area contributed by atoms with E-state index in [0.717, 1.165) is 12.3 Å². The zero-order valence-corrected chi connectivity index (χ0v) is 15.4. The van der Waals surface area contributed by atoms with Crippen LogP contribution in [0.4, 0.5) is 10.1 Å². The molecule has 1 N–H and O–H groups in total. The summed E-state index contributed by atoms with van der Waals surface area (Å²) in [5.41, 5.74) is 1.37. The van der Waals surface area contributed by atoms with Crippen LogP contribution < -0.4 is 9.62 Å². The summed E-state index contributed by atoms with van der Waals surface area (Å²) in [5.74, 6) is -0.983. The van der Waals surface area contributed by atoms with Gasteiger partial charge in [-0.15, -0.1) is 0 Å². The Balaban J connectivity index is 2.10. The van der Waals surface area contributed by atoms with Crippen LogP contribution in [0.2, 0.25) is 5.02 Å². The molecule has 0 fully saturated rings. The SMILES string of the molecule is Cc1cc(Cl)ccc1N(CCNC(=O)c1cccc(F)c1)S(C)(=O)=O. The van der Waals surface area contributed by atoms with Gasteiger partial charge in [-0.05, 0) is 48.9 Å². The fraction of sp³-hybridized carbons (Fsp3) is 0.235. The molecule has 0 radical (unpaired) electrons. The fourth-order valence-corrected chi connectivity index (χ4v) is 3.58. The van der Waals surface area contributed by atoms with E-state index >= 15 is 0 Å². The lowest BCUT2D eigenvalue weighted by molar-refractivity contribution is 0.0954. The summed E-state index contributed by atoms with van der Waals surface area (Å²) < 4.78 is 38.5. The molecular weight excluding hydrogens is 367 g/mol. The van der Waals surface area contributed by atoms with Gasteiger partial charge >= 0.3 is 0 Å². The number of benzene rings is 2. The first-order chi connectivity index (χ1) is 11.7. The van der Waals surface area contributed by atoms with Crippen LogP contribution in [0.1, 0.15) is 15.9 Å². The summed E-state index contributed by atoms with van der Waals surface area (Å²) in [7, 11) is -3.54. The van der Waals surface area contributed by atoms with Crippen molar-refractivity contribution in [2.45, 2.75) is 6.92 Å². The predicted molar refractivity (Wildman–Crippen MR) is 97.1 cm³/mol. The number of carbonyl (C=O) groups is 1. The van der Waals surface area contributed by atoms with Crippen molar-refractivity contribution >= 4 is 33.2 Å². The van der Waals surface area contributed by atoms with Gasteiger partial charge in [0.1, 0.15) is 5.82 Å². The maximum absolute atomic E-state index is 13.2. The van der Waals surface area contributed by atoms with Gasteiger partial charge in [0.15, 0.2) is 0 Å². The first-order valence-corrected chi connectivity index (χ1v) is 9.69. The second-order valence-corrected chi connectivity index (χ2v) is 7.88. The van der Waals surface area contributed by atoms with Gasteiger partial charge in [-0.2, -0.15) is 0 Å². The number of anilines is 1. The number of nitrogens with one attached hydrogen (secondary N) is 1. The minimum Gasteiger partial charge on any atom is -0.350 e. The van der Waals surface area contributed by atoms with E-state index in [1.54, 1.807) is 25.1 Å². The summed E-state index contributed by atoms with van der Waals surface area (Å²) >= 11 is 5.91. The van der Waals surface area contributed by atoms with Gasteiger partial charge in [-0.25, -0.2) is 12.8 Å². The molecule has 8 heteroatoms. The molecule has 0 unspecified atom stereocenters. The van der Waals surface area contributed by atoms with Crippen LogP contribution in [0.25, 0.3) is 0 Å². The molecule has 0 saturated heterocycles. The van der Waals surface area contributed by atoms with Gasteiger partial charge in [-0.1, -0.05) is 17.7 Å². The molecule has 0 atom stereocenters. The van der Waals surface area contributed by atoms with Crippen molar-refractivity contribution in [2.24, 2.45) is 0 Å². The lowest BCUT2D eigenvalue weighted by Crippen LogP contribution is -2.38. The van der Waals surface area contributed by atoms with E-state index in [0.29, 0.717) is 16.3 Å². The van der Waals surface area contributed by atoms with Gasteiger partial charge in [0.25, 0.3) is 5.91 Å². The van der Waals surface area contributed by atoms with Crippen LogP contribution in [0.5, 0.6) is 0 Å². The molecule has 25 heavy (non-hydrogen) atoms. The fourth-order valence-electron chi connectivity index (χ4n) is 2.37. The summed E-state index contributed by atoms with van der Waals surface area (Å²) in [4.78, 5) is 12.0. The van der Waals surface area contributed by atoms with Crippen molar-refractivity contribution in [3.63, 3.8) is 0 Å². The van der Waals surface area contributed by atoms with Crippen LogP contribution in [-0.4, -0.2) is 33.7 Å². The molecule has 134 valence electrons. The van der Waals surface area contributed by atoms with E-state index in [9.17, 15) is 17.6 Å². The van der Waals surface area contributed by atoms with Crippen molar-refractivity contribution < 1.29 is 17.6 Å². The highest BCUT2D eigenvalue weighted by Crippen LogP contribution is 2.25. The number of hydrogen-bond acceptors (Lipinski definition) is 3. The van der Waals surface area contributed by atoms with Crippen LogP contribution in [0, 0.1) is 12.7 Å². The molecule has 2 aromatic rings. The van der Waals surface area contributed by atoms with Gasteiger partial charge in [0.05, 0.1) is 18.5 Å². The third-order valence-corrected chi connectivity index (χ3v) is 4.93. The number of rotatable bonds is 6. The molecule has 2 aromatic carbocycles. The van der Waals surface area contributed by atoms with E-state index in [1.165, 1.54) is 22.5 Å². The molecule has 2 rings (SSSR count). The third kappa shape index (κ3) is 5.17. The topological polar surface area (TPSA) is 66.5 Å². The Morgan fingerprint density at radius 1 is 1.24 bits per heavy atom. The quantitative estimate of drug-likeness (QED) is 0.832. The van der Waals surface area contributed by atoms with E-state index < -0.39 is 21.7 Å². The van der Waals surface area contributed by atoms with E-state index in [2.05, 4.69) is 5.32 Å². The van der Waals surface area contributed by atoms with E-state index in [4.69, 9.17) is 11.6 Å². The van der Waals surface area contributed by atoms with E-state index in [-0.39, 0.29) is 18.7 Å². The summed E-state index contributed by atoms with van der Waals surface area (Å²) in [6.07, 6.45) is 1.09. The first kappa shape index (κ1) is 19.2. The predicted octanol–water partition coefficient (Wildman–Crippen LogP) is 2.98. The number of aryl methyl sites for hydroxylation is 1. The highest BCUT2D eigenvalue weighted by molar-refractivity contribution is 7.92. The Morgan fingerprint density at radius 2 is 1.96 bits per heavy atom. The standard InChI is InChI=1S/C17H18ClFN2O3S/c1-12-10-14(18)6-7-16(12)21(25(2,23)24)9-8-20-17(22)13-4-3-5-15(19)11-13/h3-7,10-11H,8-9H2,1-2H3,(H,20,22). The van der Waals surface area contributed by atoms with Gasteiger partial charge in [0, 0.05) is 17.1 Å². The highest BCUT2D eigenvalue weighted by Gasteiger charge is 2.19. The summed E-state index contributed by atoms with van der Waals surface area (Å²) in [6.45, 7) is 1.87. The number of sulfonamides is 1. The smallest absolute Gasteiger partial charge is 0.251 e. The Kier molecular flexibility index (Phi) is 6.02. The zero-order valence-electron chi connectivity index (χ0n) is 13.8. The lowest BCUT2D eigenvalue weighted by Gasteiger charge is -2.24. The number of halogens is 2. The van der Waals surface area contributed by atoms with Gasteiger partial charge in [-0.3, -0.25) is 9.10 Å². The number of carbonyl (C=O) groups excluding carboxylic acids is 1. The molecule has 0 bridgehead atoms. The van der Waals surface area contributed by atoms with Crippen molar-refractivity contribution in [3.8, 4) is 0 Å². The van der Waals surface area contributed by atoms with Crippen molar-refractivity contribution in [2.75, 3.05) is 23.7 Å². The molecule has 5 nitrogen and oxygen atoms in total. The van der Waals surface area contributed by atoms with Crippen LogP contribution >= 0.6 is 11.6 Å². The Hall–Kier alpha value is -2.12. The molecule has 0 aliphatic carbocycles. The number of hydrogen-bond donors (Lipinski definition) is 1. The normalized spacial score (nSPS) is 11.2. The lowest BCUT2D eigenvalue weighted by atomic mass is 10.2. The van der Waals surface area contributed by atoms with Crippen molar-refractivity contribution in [1.29, 1.82) is 0 Å². The molecule has 0 aromatic heterocycles. The maximum Gasteiger partial charge on any atom is 0.251 e.